The van der Waals surface area contributed by atoms with Crippen molar-refractivity contribution in [2.24, 2.45) is 0 Å². The van der Waals surface area contributed by atoms with Crippen molar-refractivity contribution < 1.29 is 4.42 Å². The third-order valence-electron chi connectivity index (χ3n) is 10.9. The molecule has 51 heavy (non-hydrogen) atoms. The monoisotopic (exact) mass is 653 g/mol. The summed E-state index contributed by atoms with van der Waals surface area (Å²) >= 11 is 0. The first-order valence-electron chi connectivity index (χ1n) is 17.7. The standard InChI is InChI=1S/C49H35NO/c1-32-19-24-35(25-20-32)49(36-26-21-33(2)22-27-36)42-30-23-34-11-6-7-14-39(34)47(42)40-29-28-38(31-43(40)49)50(37-12-4-3-5-13-37)44-16-10-18-46-48(44)41-15-8-9-17-45(41)51-46/h3-31H,1-2H3. The Kier molecular flexibility index (Phi) is 6.56. The van der Waals surface area contributed by atoms with Gasteiger partial charge in [-0.2, -0.15) is 0 Å². The smallest absolute Gasteiger partial charge is 0.137 e. The van der Waals surface area contributed by atoms with Crippen LogP contribution < -0.4 is 4.90 Å². The number of nitrogens with zero attached hydrogens (tertiary/aromatic N) is 1. The number of furan rings is 1. The minimum atomic E-state index is -0.539. The van der Waals surface area contributed by atoms with Gasteiger partial charge in [-0.05, 0) is 100 Å². The molecule has 9 aromatic rings. The number of anilines is 3. The van der Waals surface area contributed by atoms with Gasteiger partial charge in [-0.15, -0.1) is 0 Å². The van der Waals surface area contributed by atoms with Gasteiger partial charge in [-0.3, -0.25) is 0 Å². The Balaban J connectivity index is 1.33. The molecule has 0 saturated carbocycles. The first-order valence-corrected chi connectivity index (χ1v) is 17.7. The summed E-state index contributed by atoms with van der Waals surface area (Å²) in [6.45, 7) is 4.34. The molecule has 0 fully saturated rings. The molecule has 0 N–H and O–H groups in total. The highest BCUT2D eigenvalue weighted by Crippen LogP contribution is 2.59. The Hall–Kier alpha value is -6.38. The predicted molar refractivity (Wildman–Crippen MR) is 213 cm³/mol. The first-order chi connectivity index (χ1) is 25.1. The fraction of sp³-hybridized carbons (Fsp3) is 0.0612. The molecule has 1 aliphatic rings. The van der Waals surface area contributed by atoms with Gasteiger partial charge >= 0.3 is 0 Å². The van der Waals surface area contributed by atoms with Crippen molar-refractivity contribution in [2.75, 3.05) is 4.90 Å². The van der Waals surface area contributed by atoms with Crippen LogP contribution in [0.2, 0.25) is 0 Å². The zero-order valence-electron chi connectivity index (χ0n) is 28.6. The van der Waals surface area contributed by atoms with Gasteiger partial charge in [-0.25, -0.2) is 0 Å². The van der Waals surface area contributed by atoms with Crippen LogP contribution >= 0.6 is 0 Å². The van der Waals surface area contributed by atoms with Crippen molar-refractivity contribution in [3.63, 3.8) is 0 Å². The average molecular weight is 654 g/mol. The molecule has 0 radical (unpaired) electrons. The second kappa shape index (κ2) is 11.3. The van der Waals surface area contributed by atoms with E-state index in [0.717, 1.165) is 39.0 Å². The third-order valence-corrected chi connectivity index (χ3v) is 10.9. The zero-order valence-corrected chi connectivity index (χ0v) is 28.6. The minimum absolute atomic E-state index is 0.539. The Labute approximate surface area is 297 Å². The van der Waals surface area contributed by atoms with Gasteiger partial charge in [0, 0.05) is 16.8 Å². The third kappa shape index (κ3) is 4.36. The molecule has 0 bridgehead atoms. The summed E-state index contributed by atoms with van der Waals surface area (Å²) in [5.41, 5.74) is 14.7. The van der Waals surface area contributed by atoms with Crippen LogP contribution in [0.1, 0.15) is 33.4 Å². The molecule has 0 amide bonds. The Bertz CT molecular complexity index is 2710. The molecule has 0 atom stereocenters. The molecule has 0 aliphatic heterocycles. The lowest BCUT2D eigenvalue weighted by atomic mass is 9.67. The van der Waals surface area contributed by atoms with Crippen molar-refractivity contribution in [3.8, 4) is 11.1 Å². The molecule has 242 valence electrons. The van der Waals surface area contributed by atoms with E-state index in [9.17, 15) is 0 Å². The van der Waals surface area contributed by atoms with E-state index < -0.39 is 5.41 Å². The van der Waals surface area contributed by atoms with Gasteiger partial charge < -0.3 is 9.32 Å². The number of benzene rings is 8. The highest BCUT2D eigenvalue weighted by Gasteiger charge is 2.47. The molecule has 1 aliphatic carbocycles. The zero-order chi connectivity index (χ0) is 34.1. The van der Waals surface area contributed by atoms with E-state index in [0.29, 0.717) is 0 Å². The Morgan fingerprint density at radius 1 is 0.471 bits per heavy atom. The second-order valence-corrected chi connectivity index (χ2v) is 13.8. The highest BCUT2D eigenvalue weighted by atomic mass is 16.3. The van der Waals surface area contributed by atoms with E-state index in [1.54, 1.807) is 0 Å². The average Bonchev–Trinajstić information content (AvgIpc) is 3.70. The summed E-state index contributed by atoms with van der Waals surface area (Å²) in [5, 5.41) is 4.74. The molecular formula is C49H35NO. The van der Waals surface area contributed by atoms with Gasteiger partial charge in [0.05, 0.1) is 16.5 Å². The van der Waals surface area contributed by atoms with E-state index in [1.807, 2.05) is 6.07 Å². The number of fused-ring (bicyclic) bond motifs is 8. The summed E-state index contributed by atoms with van der Waals surface area (Å²) in [7, 11) is 0. The molecule has 2 heteroatoms. The van der Waals surface area contributed by atoms with Crippen molar-refractivity contribution in [1.29, 1.82) is 0 Å². The number of hydrogen-bond donors (Lipinski definition) is 0. The molecule has 0 saturated heterocycles. The lowest BCUT2D eigenvalue weighted by molar-refractivity contribution is 0.669. The molecule has 0 unspecified atom stereocenters. The Morgan fingerprint density at radius 3 is 1.86 bits per heavy atom. The van der Waals surface area contributed by atoms with E-state index in [4.69, 9.17) is 4.42 Å². The second-order valence-electron chi connectivity index (χ2n) is 13.8. The van der Waals surface area contributed by atoms with Gasteiger partial charge in [0.1, 0.15) is 11.2 Å². The maximum atomic E-state index is 6.41. The van der Waals surface area contributed by atoms with E-state index in [-0.39, 0.29) is 0 Å². The van der Waals surface area contributed by atoms with Crippen LogP contribution in [0.25, 0.3) is 43.8 Å². The van der Waals surface area contributed by atoms with Crippen LogP contribution in [-0.2, 0) is 5.41 Å². The van der Waals surface area contributed by atoms with Crippen molar-refractivity contribution >= 4 is 49.8 Å². The Morgan fingerprint density at radius 2 is 1.12 bits per heavy atom. The molecular weight excluding hydrogens is 619 g/mol. The van der Waals surface area contributed by atoms with Crippen molar-refractivity contribution in [1.82, 2.24) is 0 Å². The SMILES string of the molecule is Cc1ccc(C2(c3ccc(C)cc3)c3cc(N(c4ccccc4)c4cccc5oc6ccccc6c45)ccc3-c3c2ccc2ccccc32)cc1. The topological polar surface area (TPSA) is 16.4 Å². The minimum Gasteiger partial charge on any atom is -0.456 e. The number of para-hydroxylation sites is 2. The summed E-state index contributed by atoms with van der Waals surface area (Å²) in [5.74, 6) is 0. The predicted octanol–water partition coefficient (Wildman–Crippen LogP) is 13.2. The molecule has 1 heterocycles. The highest BCUT2D eigenvalue weighted by molar-refractivity contribution is 6.13. The molecule has 8 aromatic carbocycles. The summed E-state index contributed by atoms with van der Waals surface area (Å²) in [6.07, 6.45) is 0. The van der Waals surface area contributed by atoms with Gasteiger partial charge in [0.25, 0.3) is 0 Å². The van der Waals surface area contributed by atoms with Gasteiger partial charge in [0.2, 0.25) is 0 Å². The fourth-order valence-corrected chi connectivity index (χ4v) is 8.56. The van der Waals surface area contributed by atoms with Crippen LogP contribution in [0, 0.1) is 13.8 Å². The number of aryl methyl sites for hydroxylation is 2. The van der Waals surface area contributed by atoms with Crippen LogP contribution in [0.3, 0.4) is 0 Å². The van der Waals surface area contributed by atoms with Crippen LogP contribution in [0.5, 0.6) is 0 Å². The first kappa shape index (κ1) is 29.5. The molecule has 1 aromatic heterocycles. The summed E-state index contributed by atoms with van der Waals surface area (Å²) in [6, 6.07) is 64.5. The summed E-state index contributed by atoms with van der Waals surface area (Å²) in [4.78, 5) is 2.40. The van der Waals surface area contributed by atoms with Crippen molar-refractivity contribution in [3.05, 3.63) is 209 Å². The van der Waals surface area contributed by atoms with Gasteiger partial charge in [-0.1, -0.05) is 145 Å². The van der Waals surface area contributed by atoms with Crippen molar-refractivity contribution in [2.45, 2.75) is 19.3 Å². The van der Waals surface area contributed by atoms with Crippen LogP contribution in [0.15, 0.2) is 180 Å². The van der Waals surface area contributed by atoms with E-state index in [1.165, 1.54) is 55.3 Å². The van der Waals surface area contributed by atoms with Crippen LogP contribution in [0.4, 0.5) is 17.1 Å². The quantitative estimate of drug-likeness (QED) is 0.184. The number of hydrogen-bond acceptors (Lipinski definition) is 2. The lowest BCUT2D eigenvalue weighted by Crippen LogP contribution is -2.29. The molecule has 10 rings (SSSR count). The normalized spacial score (nSPS) is 13.1. The largest absolute Gasteiger partial charge is 0.456 e. The number of rotatable bonds is 5. The maximum Gasteiger partial charge on any atom is 0.137 e. The van der Waals surface area contributed by atoms with E-state index >= 15 is 0 Å². The van der Waals surface area contributed by atoms with Crippen LogP contribution in [-0.4, -0.2) is 0 Å². The molecule has 2 nitrogen and oxygen atoms in total. The summed E-state index contributed by atoms with van der Waals surface area (Å²) < 4.78 is 6.41. The maximum absolute atomic E-state index is 6.41. The van der Waals surface area contributed by atoms with E-state index in [2.05, 4.69) is 189 Å². The van der Waals surface area contributed by atoms with Gasteiger partial charge in [0.15, 0.2) is 0 Å². The molecule has 0 spiro atoms. The fourth-order valence-electron chi connectivity index (χ4n) is 8.56. The lowest BCUT2D eigenvalue weighted by Gasteiger charge is -2.35.